The van der Waals surface area contributed by atoms with Gasteiger partial charge in [-0.25, -0.2) is 0 Å². The molecule has 1 aromatic carbocycles. The summed E-state index contributed by atoms with van der Waals surface area (Å²) >= 11 is 0. The van der Waals surface area contributed by atoms with Crippen LogP contribution in [-0.2, 0) is 6.42 Å². The Bertz CT molecular complexity index is 388. The summed E-state index contributed by atoms with van der Waals surface area (Å²) in [5.74, 6) is -0.0504. The van der Waals surface area contributed by atoms with E-state index in [1.807, 2.05) is 24.3 Å². The SMILES string of the molecule is N#[N+]/C=C(O)/C=C/CCc1ccccc1. The van der Waals surface area contributed by atoms with Crippen LogP contribution in [0.4, 0.5) is 0 Å². The van der Waals surface area contributed by atoms with Crippen molar-refractivity contribution in [1.82, 2.24) is 0 Å². The molecule has 0 amide bonds. The number of aliphatic hydroxyl groups is 1. The van der Waals surface area contributed by atoms with E-state index in [4.69, 9.17) is 10.5 Å². The Morgan fingerprint density at radius 3 is 2.73 bits per heavy atom. The fourth-order valence-corrected chi connectivity index (χ4v) is 1.20. The van der Waals surface area contributed by atoms with E-state index >= 15 is 0 Å². The number of aryl methyl sites for hydroxylation is 1. The molecule has 0 heterocycles. The van der Waals surface area contributed by atoms with E-state index in [2.05, 4.69) is 17.1 Å². The van der Waals surface area contributed by atoms with Gasteiger partial charge in [0, 0.05) is 0 Å². The molecule has 0 bridgehead atoms. The molecule has 1 rings (SSSR count). The number of aliphatic hydroxyl groups excluding tert-OH is 1. The highest BCUT2D eigenvalue weighted by atomic mass is 16.3. The first-order chi connectivity index (χ1) is 7.33. The Kier molecular flexibility index (Phi) is 4.68. The van der Waals surface area contributed by atoms with Crippen LogP contribution in [0.25, 0.3) is 4.98 Å². The minimum atomic E-state index is -0.0504. The van der Waals surface area contributed by atoms with Crippen LogP contribution in [0.15, 0.2) is 54.4 Å². The third-order valence-corrected chi connectivity index (χ3v) is 1.92. The van der Waals surface area contributed by atoms with Gasteiger partial charge in [0.15, 0.2) is 4.98 Å². The number of diazo groups is 1. The quantitative estimate of drug-likeness (QED) is 0.461. The van der Waals surface area contributed by atoms with Gasteiger partial charge in [0.05, 0.1) is 0 Å². The monoisotopic (exact) mass is 201 g/mol. The van der Waals surface area contributed by atoms with Crippen LogP contribution in [0.1, 0.15) is 12.0 Å². The molecule has 0 spiro atoms. The number of allylic oxidation sites excluding steroid dienone is 2. The van der Waals surface area contributed by atoms with E-state index in [-0.39, 0.29) is 5.76 Å². The Hall–Kier alpha value is -2.08. The Morgan fingerprint density at radius 2 is 2.07 bits per heavy atom. The highest BCUT2D eigenvalue weighted by Crippen LogP contribution is 2.03. The molecule has 3 nitrogen and oxygen atoms in total. The number of hydrogen-bond acceptors (Lipinski definition) is 2. The van der Waals surface area contributed by atoms with Crippen molar-refractivity contribution in [3.05, 3.63) is 65.0 Å². The molecule has 0 aliphatic rings. The zero-order valence-electron chi connectivity index (χ0n) is 8.37. The lowest BCUT2D eigenvalue weighted by Crippen LogP contribution is -1.81. The Balaban J connectivity index is 2.35. The van der Waals surface area contributed by atoms with Crippen molar-refractivity contribution in [3.63, 3.8) is 0 Å². The van der Waals surface area contributed by atoms with Crippen molar-refractivity contribution in [2.75, 3.05) is 0 Å². The smallest absolute Gasteiger partial charge is 0.391 e. The molecule has 3 heteroatoms. The summed E-state index contributed by atoms with van der Waals surface area (Å²) in [6.07, 6.45) is 6.11. The number of benzene rings is 1. The van der Waals surface area contributed by atoms with Crippen LogP contribution in [0.5, 0.6) is 0 Å². The van der Waals surface area contributed by atoms with E-state index in [1.165, 1.54) is 11.6 Å². The lowest BCUT2D eigenvalue weighted by Gasteiger charge is -1.95. The van der Waals surface area contributed by atoms with Crippen LogP contribution in [-0.4, -0.2) is 5.11 Å². The summed E-state index contributed by atoms with van der Waals surface area (Å²) in [4.78, 5) is 2.71. The van der Waals surface area contributed by atoms with Gasteiger partial charge in [-0.05, 0) is 24.5 Å². The van der Waals surface area contributed by atoms with Crippen LogP contribution in [0, 0.1) is 5.39 Å². The van der Waals surface area contributed by atoms with E-state index < -0.39 is 0 Å². The molecule has 76 valence electrons. The summed E-state index contributed by atoms with van der Waals surface area (Å²) in [5, 5.41) is 17.2. The summed E-state index contributed by atoms with van der Waals surface area (Å²) in [6, 6.07) is 10.1. The molecule has 1 aromatic rings. The zero-order chi connectivity index (χ0) is 10.9. The van der Waals surface area contributed by atoms with E-state index in [0.29, 0.717) is 0 Å². The summed E-state index contributed by atoms with van der Waals surface area (Å²) in [6.45, 7) is 0. The highest BCUT2D eigenvalue weighted by Gasteiger charge is 1.92. The van der Waals surface area contributed by atoms with Gasteiger partial charge in [0.1, 0.15) is 0 Å². The van der Waals surface area contributed by atoms with Gasteiger partial charge in [-0.2, -0.15) is 0 Å². The highest BCUT2D eigenvalue weighted by molar-refractivity contribution is 5.16. The maximum absolute atomic E-state index is 9.07. The second-order valence-corrected chi connectivity index (χ2v) is 3.10. The topological polar surface area (TPSA) is 48.4 Å². The largest absolute Gasteiger partial charge is 0.502 e. The first-order valence-electron chi connectivity index (χ1n) is 4.76. The lowest BCUT2D eigenvalue weighted by atomic mass is 10.1. The van der Waals surface area contributed by atoms with Crippen molar-refractivity contribution in [2.24, 2.45) is 0 Å². The molecule has 0 saturated heterocycles. The molecular weight excluding hydrogens is 188 g/mol. The minimum absolute atomic E-state index is 0.0504. The first kappa shape index (κ1) is 11.0. The molecule has 0 aromatic heterocycles. The van der Waals surface area contributed by atoms with Gasteiger partial charge in [-0.15, -0.1) is 0 Å². The molecule has 0 radical (unpaired) electrons. The van der Waals surface area contributed by atoms with Crippen LogP contribution >= 0.6 is 0 Å². The van der Waals surface area contributed by atoms with Gasteiger partial charge >= 0.3 is 6.20 Å². The molecule has 0 aliphatic heterocycles. The van der Waals surface area contributed by atoms with Gasteiger partial charge in [-0.1, -0.05) is 36.4 Å². The first-order valence-corrected chi connectivity index (χ1v) is 4.76. The maximum Gasteiger partial charge on any atom is 0.391 e. The standard InChI is InChI=1S/C12H12N2O/c13-14-10-12(15)9-5-4-8-11-6-2-1-3-7-11/h1-3,5-7,9-10H,4,8H2/p+1/b9-5+,12-10-. The predicted molar refractivity (Wildman–Crippen MR) is 59.7 cm³/mol. The molecule has 15 heavy (non-hydrogen) atoms. The number of hydrogen-bond donors (Lipinski definition) is 1. The van der Waals surface area contributed by atoms with Gasteiger partial charge in [-0.3, -0.25) is 0 Å². The maximum atomic E-state index is 9.07. The van der Waals surface area contributed by atoms with E-state index in [1.54, 1.807) is 0 Å². The number of nitrogens with zero attached hydrogens (tertiary/aromatic N) is 2. The summed E-state index contributed by atoms with van der Waals surface area (Å²) in [7, 11) is 0. The fourth-order valence-electron chi connectivity index (χ4n) is 1.20. The van der Waals surface area contributed by atoms with Gasteiger partial charge in [0.2, 0.25) is 11.2 Å². The molecule has 0 saturated carbocycles. The Labute approximate surface area is 89.0 Å². The van der Waals surface area contributed by atoms with Crippen molar-refractivity contribution in [2.45, 2.75) is 12.8 Å². The minimum Gasteiger partial charge on any atom is -0.502 e. The Morgan fingerprint density at radius 1 is 1.33 bits per heavy atom. The second-order valence-electron chi connectivity index (χ2n) is 3.10. The molecule has 0 unspecified atom stereocenters. The summed E-state index contributed by atoms with van der Waals surface area (Å²) < 4.78 is 0. The van der Waals surface area contributed by atoms with Crippen LogP contribution in [0.3, 0.4) is 0 Å². The molecule has 0 fully saturated rings. The van der Waals surface area contributed by atoms with Crippen molar-refractivity contribution in [1.29, 1.82) is 5.39 Å². The van der Waals surface area contributed by atoms with Crippen molar-refractivity contribution in [3.8, 4) is 0 Å². The van der Waals surface area contributed by atoms with Crippen molar-refractivity contribution < 1.29 is 5.11 Å². The lowest BCUT2D eigenvalue weighted by molar-refractivity contribution is 0.432. The normalized spacial score (nSPS) is 11.5. The van der Waals surface area contributed by atoms with Gasteiger partial charge < -0.3 is 5.11 Å². The fraction of sp³-hybridized carbons (Fsp3) is 0.167. The zero-order valence-corrected chi connectivity index (χ0v) is 8.37. The number of rotatable bonds is 4. The average Bonchev–Trinajstić information content (AvgIpc) is 2.26. The van der Waals surface area contributed by atoms with Gasteiger partial charge in [0.25, 0.3) is 0 Å². The van der Waals surface area contributed by atoms with E-state index in [0.717, 1.165) is 19.0 Å². The summed E-state index contributed by atoms with van der Waals surface area (Å²) in [5.41, 5.74) is 1.26. The van der Waals surface area contributed by atoms with Crippen LogP contribution in [0.2, 0.25) is 0 Å². The van der Waals surface area contributed by atoms with Crippen LogP contribution < -0.4 is 0 Å². The molecular formula is C12H13N2O+. The molecule has 0 atom stereocenters. The van der Waals surface area contributed by atoms with Crippen molar-refractivity contribution >= 4 is 0 Å². The average molecular weight is 201 g/mol. The third kappa shape index (κ3) is 4.63. The van der Waals surface area contributed by atoms with E-state index in [9.17, 15) is 0 Å². The molecule has 0 aliphatic carbocycles. The molecule has 1 N–H and O–H groups in total. The third-order valence-electron chi connectivity index (χ3n) is 1.92. The second kappa shape index (κ2) is 6.39. The predicted octanol–water partition coefficient (Wildman–Crippen LogP) is 3.43.